The molecule has 0 spiro atoms. The van der Waals surface area contributed by atoms with E-state index < -0.39 is 0 Å². The van der Waals surface area contributed by atoms with Crippen molar-refractivity contribution in [1.82, 2.24) is 15.1 Å². The summed E-state index contributed by atoms with van der Waals surface area (Å²) in [6, 6.07) is 5.55. The maximum atomic E-state index is 12.1. The molecular weight excluding hydrogens is 266 g/mol. The highest BCUT2D eigenvalue weighted by atomic mass is 16.5. The average Bonchev–Trinajstić information content (AvgIpc) is 2.84. The molecule has 5 heteroatoms. The van der Waals surface area contributed by atoms with Gasteiger partial charge in [-0.15, -0.1) is 0 Å². The van der Waals surface area contributed by atoms with Crippen LogP contribution in [-0.2, 0) is 6.54 Å². The van der Waals surface area contributed by atoms with Crippen molar-refractivity contribution >= 4 is 16.8 Å². The van der Waals surface area contributed by atoms with Gasteiger partial charge in [0.15, 0.2) is 0 Å². The van der Waals surface area contributed by atoms with Gasteiger partial charge in [0, 0.05) is 18.7 Å². The molecule has 0 unspecified atom stereocenters. The Balaban J connectivity index is 2.27. The summed E-state index contributed by atoms with van der Waals surface area (Å²) in [7, 11) is 1.65. The van der Waals surface area contributed by atoms with Gasteiger partial charge in [-0.3, -0.25) is 4.79 Å². The first kappa shape index (κ1) is 15.4. The first-order valence-corrected chi connectivity index (χ1v) is 7.54. The van der Waals surface area contributed by atoms with Gasteiger partial charge in [0.2, 0.25) is 5.88 Å². The first-order chi connectivity index (χ1) is 10.2. The SMILES string of the molecule is CCCCNC(=O)c1ccc2c(OC)n(CCC)nc2c1. The van der Waals surface area contributed by atoms with Crippen LogP contribution in [0.1, 0.15) is 43.5 Å². The molecule has 1 aromatic carbocycles. The molecule has 1 aromatic heterocycles. The van der Waals surface area contributed by atoms with Gasteiger partial charge in [0.25, 0.3) is 5.91 Å². The number of rotatable bonds is 7. The monoisotopic (exact) mass is 289 g/mol. The Morgan fingerprint density at radius 1 is 1.33 bits per heavy atom. The minimum absolute atomic E-state index is 0.0469. The molecule has 0 aliphatic carbocycles. The van der Waals surface area contributed by atoms with Gasteiger partial charge in [-0.2, -0.15) is 5.10 Å². The van der Waals surface area contributed by atoms with Crippen molar-refractivity contribution in [3.63, 3.8) is 0 Å². The van der Waals surface area contributed by atoms with Crippen LogP contribution in [0.25, 0.3) is 10.9 Å². The number of ether oxygens (including phenoxy) is 1. The molecule has 0 fully saturated rings. The zero-order chi connectivity index (χ0) is 15.2. The zero-order valence-electron chi connectivity index (χ0n) is 13.0. The molecule has 2 rings (SSSR count). The standard InChI is InChI=1S/C16H23N3O2/c1-4-6-9-17-15(20)12-7-8-13-14(11-12)18-19(10-5-2)16(13)21-3/h7-8,11H,4-6,9-10H2,1-3H3,(H,17,20). The van der Waals surface area contributed by atoms with Crippen molar-refractivity contribution < 1.29 is 9.53 Å². The summed E-state index contributed by atoms with van der Waals surface area (Å²) < 4.78 is 7.28. The number of unbranched alkanes of at least 4 members (excludes halogenated alkanes) is 1. The van der Waals surface area contributed by atoms with Crippen LogP contribution in [0, 0.1) is 0 Å². The largest absolute Gasteiger partial charge is 0.481 e. The summed E-state index contributed by atoms with van der Waals surface area (Å²) in [5.41, 5.74) is 1.44. The Labute approximate surface area is 125 Å². The predicted octanol–water partition coefficient (Wildman–Crippen LogP) is 2.98. The molecule has 0 atom stereocenters. The van der Waals surface area contributed by atoms with Gasteiger partial charge in [-0.1, -0.05) is 20.3 Å². The van der Waals surface area contributed by atoms with E-state index in [0.717, 1.165) is 42.6 Å². The molecule has 21 heavy (non-hydrogen) atoms. The van der Waals surface area contributed by atoms with E-state index in [1.54, 1.807) is 7.11 Å². The van der Waals surface area contributed by atoms with E-state index in [2.05, 4.69) is 24.3 Å². The van der Waals surface area contributed by atoms with E-state index >= 15 is 0 Å². The van der Waals surface area contributed by atoms with E-state index in [9.17, 15) is 4.79 Å². The van der Waals surface area contributed by atoms with Crippen LogP contribution in [0.3, 0.4) is 0 Å². The van der Waals surface area contributed by atoms with Crippen molar-refractivity contribution in [3.05, 3.63) is 23.8 Å². The molecule has 114 valence electrons. The lowest BCUT2D eigenvalue weighted by molar-refractivity contribution is 0.0953. The molecule has 0 aliphatic rings. The minimum atomic E-state index is -0.0469. The van der Waals surface area contributed by atoms with E-state index in [-0.39, 0.29) is 5.91 Å². The lowest BCUT2D eigenvalue weighted by Crippen LogP contribution is -2.24. The number of hydrogen-bond donors (Lipinski definition) is 1. The molecule has 2 aromatic rings. The molecule has 0 radical (unpaired) electrons. The number of carbonyl (C=O) groups excluding carboxylic acids is 1. The van der Waals surface area contributed by atoms with E-state index in [0.29, 0.717) is 12.1 Å². The second-order valence-corrected chi connectivity index (χ2v) is 5.07. The maximum absolute atomic E-state index is 12.1. The number of aryl methyl sites for hydroxylation is 1. The average molecular weight is 289 g/mol. The van der Waals surface area contributed by atoms with Crippen molar-refractivity contribution in [3.8, 4) is 5.88 Å². The first-order valence-electron chi connectivity index (χ1n) is 7.54. The van der Waals surface area contributed by atoms with Gasteiger partial charge in [-0.05, 0) is 31.0 Å². The number of aromatic nitrogens is 2. The molecule has 0 bridgehead atoms. The highest BCUT2D eigenvalue weighted by Gasteiger charge is 2.13. The number of nitrogens with zero attached hydrogens (tertiary/aromatic N) is 2. The number of methoxy groups -OCH3 is 1. The molecule has 1 amide bonds. The van der Waals surface area contributed by atoms with Crippen molar-refractivity contribution in [2.24, 2.45) is 0 Å². The molecule has 0 aliphatic heterocycles. The van der Waals surface area contributed by atoms with Crippen molar-refractivity contribution in [1.29, 1.82) is 0 Å². The Morgan fingerprint density at radius 3 is 2.81 bits per heavy atom. The fourth-order valence-electron chi connectivity index (χ4n) is 2.31. The van der Waals surface area contributed by atoms with Crippen LogP contribution in [-0.4, -0.2) is 29.3 Å². The van der Waals surface area contributed by atoms with Crippen LogP contribution in [0.4, 0.5) is 0 Å². The summed E-state index contributed by atoms with van der Waals surface area (Å²) >= 11 is 0. The second-order valence-electron chi connectivity index (χ2n) is 5.07. The van der Waals surface area contributed by atoms with Gasteiger partial charge < -0.3 is 10.1 Å². The summed E-state index contributed by atoms with van der Waals surface area (Å²) in [4.78, 5) is 12.1. The third-order valence-corrected chi connectivity index (χ3v) is 3.40. The number of carbonyl (C=O) groups is 1. The lowest BCUT2D eigenvalue weighted by atomic mass is 10.1. The fraction of sp³-hybridized carbons (Fsp3) is 0.500. The number of nitrogens with one attached hydrogen (secondary N) is 1. The molecule has 5 nitrogen and oxygen atoms in total. The number of fused-ring (bicyclic) bond motifs is 1. The van der Waals surface area contributed by atoms with Crippen molar-refractivity contribution in [2.45, 2.75) is 39.7 Å². The van der Waals surface area contributed by atoms with Crippen LogP contribution in [0.15, 0.2) is 18.2 Å². The minimum Gasteiger partial charge on any atom is -0.481 e. The number of benzene rings is 1. The molecule has 1 heterocycles. The van der Waals surface area contributed by atoms with Crippen LogP contribution >= 0.6 is 0 Å². The fourth-order valence-corrected chi connectivity index (χ4v) is 2.31. The highest BCUT2D eigenvalue weighted by Crippen LogP contribution is 2.26. The Kier molecular flexibility index (Phi) is 5.20. The Hall–Kier alpha value is -2.04. The highest BCUT2D eigenvalue weighted by molar-refractivity contribution is 5.98. The van der Waals surface area contributed by atoms with Gasteiger partial charge in [0.1, 0.15) is 0 Å². The normalized spacial score (nSPS) is 10.8. The van der Waals surface area contributed by atoms with Crippen LogP contribution < -0.4 is 10.1 Å². The Bertz CT molecular complexity index is 619. The number of amides is 1. The predicted molar refractivity (Wildman–Crippen MR) is 83.8 cm³/mol. The maximum Gasteiger partial charge on any atom is 0.251 e. The van der Waals surface area contributed by atoms with Gasteiger partial charge in [-0.25, -0.2) is 4.68 Å². The van der Waals surface area contributed by atoms with Crippen LogP contribution in [0.5, 0.6) is 5.88 Å². The van der Waals surface area contributed by atoms with E-state index in [4.69, 9.17) is 4.74 Å². The smallest absolute Gasteiger partial charge is 0.251 e. The van der Waals surface area contributed by atoms with Crippen LogP contribution in [0.2, 0.25) is 0 Å². The van der Waals surface area contributed by atoms with E-state index in [1.165, 1.54) is 0 Å². The summed E-state index contributed by atoms with van der Waals surface area (Å²) in [5.74, 6) is 0.708. The molecule has 0 saturated heterocycles. The topological polar surface area (TPSA) is 56.1 Å². The lowest BCUT2D eigenvalue weighted by Gasteiger charge is -2.04. The third kappa shape index (κ3) is 3.35. The summed E-state index contributed by atoms with van der Waals surface area (Å²) in [6.45, 7) is 5.71. The third-order valence-electron chi connectivity index (χ3n) is 3.40. The summed E-state index contributed by atoms with van der Waals surface area (Å²) in [5, 5.41) is 8.39. The second kappa shape index (κ2) is 7.11. The number of hydrogen-bond acceptors (Lipinski definition) is 3. The van der Waals surface area contributed by atoms with Gasteiger partial charge >= 0.3 is 0 Å². The van der Waals surface area contributed by atoms with Crippen molar-refractivity contribution in [2.75, 3.05) is 13.7 Å². The quantitative estimate of drug-likeness (QED) is 0.797. The molecule has 1 N–H and O–H groups in total. The summed E-state index contributed by atoms with van der Waals surface area (Å²) in [6.07, 6.45) is 3.04. The zero-order valence-corrected chi connectivity index (χ0v) is 13.0. The van der Waals surface area contributed by atoms with E-state index in [1.807, 2.05) is 22.9 Å². The molecule has 0 saturated carbocycles. The molecular formula is C16H23N3O2. The Morgan fingerprint density at radius 2 is 2.14 bits per heavy atom. The van der Waals surface area contributed by atoms with Gasteiger partial charge in [0.05, 0.1) is 18.0 Å².